The lowest BCUT2D eigenvalue weighted by Gasteiger charge is -2.14. The van der Waals surface area contributed by atoms with E-state index in [0.29, 0.717) is 0 Å². The molecule has 2 aromatic carbocycles. The van der Waals surface area contributed by atoms with Crippen LogP contribution < -0.4 is 5.32 Å². The Morgan fingerprint density at radius 2 is 1.92 bits per heavy atom. The van der Waals surface area contributed by atoms with E-state index in [4.69, 9.17) is 16.3 Å². The van der Waals surface area contributed by atoms with Crippen molar-refractivity contribution in [2.24, 2.45) is 0 Å². The molecule has 1 amide bonds. The molecule has 0 aromatic heterocycles. The highest BCUT2D eigenvalue weighted by molar-refractivity contribution is 6.33. The van der Waals surface area contributed by atoms with E-state index in [1.165, 1.54) is 6.92 Å². The fraction of sp³-hybridized carbons (Fsp3) is 0.125. The number of hydrogen-bond acceptors (Lipinski definition) is 5. The van der Waals surface area contributed by atoms with E-state index in [9.17, 15) is 28.5 Å². The van der Waals surface area contributed by atoms with Crippen LogP contribution in [-0.2, 0) is 9.53 Å². The van der Waals surface area contributed by atoms with E-state index in [0.717, 1.165) is 36.4 Å². The first kappa shape index (κ1) is 19.3. The molecule has 0 heterocycles. The van der Waals surface area contributed by atoms with Crippen LogP contribution in [0.25, 0.3) is 0 Å². The van der Waals surface area contributed by atoms with Gasteiger partial charge in [0.15, 0.2) is 6.10 Å². The number of nitro benzene ring substituents is 1. The van der Waals surface area contributed by atoms with Crippen LogP contribution in [0.2, 0.25) is 5.02 Å². The number of nitrogens with one attached hydrogen (secondary N) is 1. The molecule has 0 saturated carbocycles. The summed E-state index contributed by atoms with van der Waals surface area (Å²) < 4.78 is 31.2. The number of anilines is 1. The minimum Gasteiger partial charge on any atom is -0.449 e. The molecule has 0 radical (unpaired) electrons. The number of amides is 1. The molecule has 0 aliphatic heterocycles. The van der Waals surface area contributed by atoms with Gasteiger partial charge >= 0.3 is 11.7 Å². The Kier molecular flexibility index (Phi) is 5.83. The van der Waals surface area contributed by atoms with Crippen molar-refractivity contribution in [1.29, 1.82) is 0 Å². The Morgan fingerprint density at radius 3 is 2.54 bits per heavy atom. The number of benzene rings is 2. The second-order valence-electron chi connectivity index (χ2n) is 5.08. The number of esters is 1. The summed E-state index contributed by atoms with van der Waals surface area (Å²) in [6.07, 6.45) is -1.30. The van der Waals surface area contributed by atoms with Gasteiger partial charge in [-0.15, -0.1) is 0 Å². The average molecular weight is 385 g/mol. The molecule has 7 nitrogen and oxygen atoms in total. The van der Waals surface area contributed by atoms with Crippen LogP contribution in [0.15, 0.2) is 36.4 Å². The summed E-state index contributed by atoms with van der Waals surface area (Å²) in [4.78, 5) is 33.8. The standard InChI is InChI=1S/C16H11ClF2N2O5/c1-8(26-16(23)11-4-2-9(18)6-12(11)17)15(22)20-10-3-5-13(19)14(7-10)21(24)25/h2-8H,1H3,(H,20,22)/t8-/m0/s1. The predicted molar refractivity (Wildman–Crippen MR) is 88.0 cm³/mol. The third kappa shape index (κ3) is 4.51. The zero-order valence-electron chi connectivity index (χ0n) is 13.2. The van der Waals surface area contributed by atoms with Crippen LogP contribution in [-0.4, -0.2) is 22.9 Å². The van der Waals surface area contributed by atoms with Gasteiger partial charge in [0.25, 0.3) is 5.91 Å². The van der Waals surface area contributed by atoms with E-state index in [2.05, 4.69) is 5.32 Å². The molecular formula is C16H11ClF2N2O5. The molecule has 0 aliphatic rings. The lowest BCUT2D eigenvalue weighted by molar-refractivity contribution is -0.387. The average Bonchev–Trinajstić information content (AvgIpc) is 2.55. The Morgan fingerprint density at radius 1 is 1.23 bits per heavy atom. The maximum Gasteiger partial charge on any atom is 0.340 e. The fourth-order valence-corrected chi connectivity index (χ4v) is 2.15. The number of halogens is 3. The number of nitro groups is 1. The van der Waals surface area contributed by atoms with Crippen molar-refractivity contribution in [1.82, 2.24) is 0 Å². The van der Waals surface area contributed by atoms with Gasteiger partial charge in [-0.2, -0.15) is 4.39 Å². The molecule has 1 N–H and O–H groups in total. The molecule has 2 rings (SSSR count). The summed E-state index contributed by atoms with van der Waals surface area (Å²) >= 11 is 5.74. The molecule has 0 saturated heterocycles. The molecule has 136 valence electrons. The van der Waals surface area contributed by atoms with Crippen LogP contribution >= 0.6 is 11.6 Å². The van der Waals surface area contributed by atoms with Crippen molar-refractivity contribution >= 4 is 34.9 Å². The quantitative estimate of drug-likeness (QED) is 0.481. The van der Waals surface area contributed by atoms with Gasteiger partial charge in [0.2, 0.25) is 5.82 Å². The Labute approximate surface area is 150 Å². The van der Waals surface area contributed by atoms with Crippen molar-refractivity contribution in [2.45, 2.75) is 13.0 Å². The summed E-state index contributed by atoms with van der Waals surface area (Å²) in [5, 5.41) is 12.8. The lowest BCUT2D eigenvalue weighted by atomic mass is 10.2. The molecule has 0 bridgehead atoms. The van der Waals surface area contributed by atoms with Gasteiger partial charge in [-0.3, -0.25) is 14.9 Å². The van der Waals surface area contributed by atoms with Gasteiger partial charge < -0.3 is 10.1 Å². The van der Waals surface area contributed by atoms with Crippen LogP contribution in [0.5, 0.6) is 0 Å². The van der Waals surface area contributed by atoms with E-state index in [1.807, 2.05) is 0 Å². The van der Waals surface area contributed by atoms with Crippen molar-refractivity contribution in [2.75, 3.05) is 5.32 Å². The summed E-state index contributed by atoms with van der Waals surface area (Å²) in [6.45, 7) is 1.25. The van der Waals surface area contributed by atoms with Crippen molar-refractivity contribution in [3.05, 3.63) is 68.7 Å². The zero-order chi connectivity index (χ0) is 19.4. The SMILES string of the molecule is C[C@H](OC(=O)c1ccc(F)cc1Cl)C(=O)Nc1ccc(F)c([N+](=O)[O-])c1. The first-order chi connectivity index (χ1) is 12.2. The van der Waals surface area contributed by atoms with Crippen LogP contribution in [0, 0.1) is 21.7 Å². The highest BCUT2D eigenvalue weighted by Gasteiger charge is 2.22. The fourth-order valence-electron chi connectivity index (χ4n) is 1.91. The maximum atomic E-state index is 13.3. The van der Waals surface area contributed by atoms with Crippen LogP contribution in [0.1, 0.15) is 17.3 Å². The number of hydrogen-bond donors (Lipinski definition) is 1. The second-order valence-corrected chi connectivity index (χ2v) is 5.49. The van der Waals surface area contributed by atoms with E-state index >= 15 is 0 Å². The Hall–Kier alpha value is -3.07. The molecule has 2 aromatic rings. The normalized spacial score (nSPS) is 11.5. The summed E-state index contributed by atoms with van der Waals surface area (Å²) in [5.41, 5.74) is -0.999. The van der Waals surface area contributed by atoms with Crippen LogP contribution in [0.3, 0.4) is 0 Å². The molecule has 0 fully saturated rings. The second kappa shape index (κ2) is 7.87. The zero-order valence-corrected chi connectivity index (χ0v) is 13.9. The third-order valence-electron chi connectivity index (χ3n) is 3.21. The lowest BCUT2D eigenvalue weighted by Crippen LogP contribution is -2.30. The summed E-state index contributed by atoms with van der Waals surface area (Å²) in [5.74, 6) is -3.46. The monoisotopic (exact) mass is 384 g/mol. The molecule has 26 heavy (non-hydrogen) atoms. The van der Waals surface area contributed by atoms with Gasteiger partial charge in [0, 0.05) is 11.8 Å². The van der Waals surface area contributed by atoms with E-state index in [-0.39, 0.29) is 16.3 Å². The highest BCUT2D eigenvalue weighted by Crippen LogP contribution is 2.22. The largest absolute Gasteiger partial charge is 0.449 e. The van der Waals surface area contributed by atoms with Gasteiger partial charge in [-0.1, -0.05) is 11.6 Å². The number of nitrogens with zero attached hydrogens (tertiary/aromatic N) is 1. The van der Waals surface area contributed by atoms with Gasteiger partial charge in [0.05, 0.1) is 15.5 Å². The van der Waals surface area contributed by atoms with Gasteiger partial charge in [-0.25, -0.2) is 9.18 Å². The number of carbonyl (C=O) groups excluding carboxylic acids is 2. The predicted octanol–water partition coefficient (Wildman–Crippen LogP) is 3.71. The van der Waals surface area contributed by atoms with E-state index in [1.54, 1.807) is 0 Å². The van der Waals surface area contributed by atoms with Crippen molar-refractivity contribution < 1.29 is 28.0 Å². The molecular weight excluding hydrogens is 374 g/mol. The van der Waals surface area contributed by atoms with E-state index < -0.39 is 40.2 Å². The minimum atomic E-state index is -1.30. The highest BCUT2D eigenvalue weighted by atomic mass is 35.5. The smallest absolute Gasteiger partial charge is 0.340 e. The number of ether oxygens (including phenoxy) is 1. The topological polar surface area (TPSA) is 98.5 Å². The first-order valence-corrected chi connectivity index (χ1v) is 7.47. The number of rotatable bonds is 5. The molecule has 10 heteroatoms. The molecule has 0 aliphatic carbocycles. The molecule has 0 spiro atoms. The first-order valence-electron chi connectivity index (χ1n) is 7.10. The minimum absolute atomic E-state index is 0.0502. The third-order valence-corrected chi connectivity index (χ3v) is 3.53. The molecule has 0 unspecified atom stereocenters. The van der Waals surface area contributed by atoms with Gasteiger partial charge in [0.1, 0.15) is 5.82 Å². The molecule has 1 atom stereocenters. The number of carbonyl (C=O) groups is 2. The Bertz CT molecular complexity index is 891. The summed E-state index contributed by atoms with van der Waals surface area (Å²) in [6, 6.07) is 5.80. The summed E-state index contributed by atoms with van der Waals surface area (Å²) in [7, 11) is 0. The van der Waals surface area contributed by atoms with Gasteiger partial charge in [-0.05, 0) is 37.3 Å². The van der Waals surface area contributed by atoms with Crippen molar-refractivity contribution in [3.63, 3.8) is 0 Å². The maximum absolute atomic E-state index is 13.3. The van der Waals surface area contributed by atoms with Crippen LogP contribution in [0.4, 0.5) is 20.2 Å². The Balaban J connectivity index is 2.07. The van der Waals surface area contributed by atoms with Crippen molar-refractivity contribution in [3.8, 4) is 0 Å².